The van der Waals surface area contributed by atoms with Gasteiger partial charge in [-0.05, 0) is 103 Å². The van der Waals surface area contributed by atoms with Gasteiger partial charge in [0.25, 0.3) is 0 Å². The number of carbonyl (C=O) groups excluding carboxylic acids is 14. The van der Waals surface area contributed by atoms with Crippen LogP contribution in [-0.4, -0.2) is 256 Å². The number of rotatable bonds is 49. The largest absolute Gasteiger partial charge is 0.481 e. The number of hydrogen-bond acceptors (Lipinski definition) is 23. The molecule has 0 aliphatic carbocycles. The van der Waals surface area contributed by atoms with Crippen LogP contribution in [0.15, 0.2) is 35.5 Å². The number of aliphatic hydroxyl groups excluding tert-OH is 3. The van der Waals surface area contributed by atoms with E-state index >= 15 is 0 Å². The van der Waals surface area contributed by atoms with E-state index in [1.54, 1.807) is 26.1 Å². The number of unbranched alkanes of at least 4 members (excludes halogenated alkanes) is 2. The van der Waals surface area contributed by atoms with E-state index in [0.29, 0.717) is 18.4 Å². The molecule has 0 saturated heterocycles. The number of aliphatic imine (C=N–C) groups is 1. The highest BCUT2D eigenvalue weighted by Crippen LogP contribution is 2.20. The Kier molecular flexibility index (Phi) is 39.6. The summed E-state index contributed by atoms with van der Waals surface area (Å²) >= 11 is 0. The molecule has 580 valence electrons. The number of benzene rings is 1. The molecule has 2 aromatic rings. The number of primary amides is 1. The van der Waals surface area contributed by atoms with Crippen molar-refractivity contribution in [3.05, 3.63) is 36.0 Å². The number of aliphatic hydroxyl groups is 3. The molecule has 104 heavy (non-hydrogen) atoms. The van der Waals surface area contributed by atoms with Crippen molar-refractivity contribution in [2.45, 2.75) is 184 Å². The van der Waals surface area contributed by atoms with Gasteiger partial charge in [0.05, 0.1) is 51.3 Å². The van der Waals surface area contributed by atoms with Gasteiger partial charge in [0.15, 0.2) is 12.0 Å². The van der Waals surface area contributed by atoms with Crippen molar-refractivity contribution < 1.29 is 102 Å². The van der Waals surface area contributed by atoms with Crippen molar-refractivity contribution in [1.82, 2.24) is 74.1 Å². The number of H-pyrrole nitrogens is 1. The third kappa shape index (κ3) is 32.1. The first-order chi connectivity index (χ1) is 49.0. The first-order valence-corrected chi connectivity index (χ1v) is 33.3. The number of carboxylic acids is 2. The highest BCUT2D eigenvalue weighted by molar-refractivity contribution is 6.01. The van der Waals surface area contributed by atoms with Gasteiger partial charge in [0.2, 0.25) is 82.7 Å². The van der Waals surface area contributed by atoms with Gasteiger partial charge in [-0.1, -0.05) is 32.0 Å². The Hall–Kier alpha value is -10.7. The van der Waals surface area contributed by atoms with Gasteiger partial charge in [0.1, 0.15) is 60.4 Å². The molecule has 31 N–H and O–H groups in total. The number of aromatic amines is 1. The third-order valence-electron chi connectivity index (χ3n) is 15.5. The zero-order valence-electron chi connectivity index (χ0n) is 58.4. The first-order valence-electron chi connectivity index (χ1n) is 33.3. The van der Waals surface area contributed by atoms with E-state index in [1.165, 1.54) is 0 Å². The predicted octanol–water partition coefficient (Wildman–Crippen LogP) is -10.6. The molecule has 42 heteroatoms. The van der Waals surface area contributed by atoms with Gasteiger partial charge >= 0.3 is 11.9 Å². The molecule has 0 aliphatic rings. The van der Waals surface area contributed by atoms with Crippen molar-refractivity contribution >= 4 is 112 Å². The lowest BCUT2D eigenvalue weighted by Crippen LogP contribution is -2.62. The summed E-state index contributed by atoms with van der Waals surface area (Å²) in [6.07, 6.45) is -3.08. The van der Waals surface area contributed by atoms with Gasteiger partial charge in [-0.3, -0.25) is 76.9 Å². The zero-order chi connectivity index (χ0) is 78.5. The summed E-state index contributed by atoms with van der Waals surface area (Å²) in [5, 5.41) is 80.0. The number of aromatic nitrogens is 1. The number of nitrogens with zero attached hydrogens (tertiary/aromatic N) is 1. The lowest BCUT2D eigenvalue weighted by atomic mass is 10.00. The lowest BCUT2D eigenvalue weighted by molar-refractivity contribution is -0.144. The molecule has 13 atom stereocenters. The molecule has 0 unspecified atom stereocenters. The number of amides is 14. The second kappa shape index (κ2) is 46.0. The second-order valence-electron chi connectivity index (χ2n) is 24.5. The maximum Gasteiger partial charge on any atom is 0.328 e. The second-order valence-corrected chi connectivity index (χ2v) is 24.5. The maximum absolute atomic E-state index is 14.4. The molecule has 14 amide bonds. The summed E-state index contributed by atoms with van der Waals surface area (Å²) in [5.41, 5.74) is 34.8. The topological polar surface area (TPSA) is 715 Å². The van der Waals surface area contributed by atoms with E-state index in [9.17, 15) is 97.1 Å². The molecule has 0 bridgehead atoms. The molecule has 1 aromatic carbocycles. The fourth-order valence-electron chi connectivity index (χ4n) is 9.90. The molecular formula is C62H101N21O21. The summed E-state index contributed by atoms with van der Waals surface area (Å²) in [6.45, 7) is 3.10. The number of nitrogens with one attached hydrogen (secondary N) is 14. The smallest absolute Gasteiger partial charge is 0.328 e. The van der Waals surface area contributed by atoms with E-state index in [2.05, 4.69) is 68.5 Å². The van der Waals surface area contributed by atoms with E-state index < -0.39 is 218 Å². The summed E-state index contributed by atoms with van der Waals surface area (Å²) in [4.78, 5) is 218. The van der Waals surface area contributed by atoms with Crippen LogP contribution in [0.2, 0.25) is 0 Å². The van der Waals surface area contributed by atoms with Crippen LogP contribution in [0.1, 0.15) is 104 Å². The fourth-order valence-corrected chi connectivity index (χ4v) is 9.90. The molecule has 42 nitrogen and oxygen atoms in total. The minimum atomic E-state index is -2.01. The van der Waals surface area contributed by atoms with Crippen LogP contribution in [-0.2, 0) is 83.1 Å². The van der Waals surface area contributed by atoms with Crippen LogP contribution in [0.25, 0.3) is 10.9 Å². The molecule has 1 aromatic heterocycles. The van der Waals surface area contributed by atoms with E-state index in [-0.39, 0.29) is 70.5 Å². The number of guanidine groups is 1. The Bertz CT molecular complexity index is 3330. The normalized spacial score (nSPS) is 14.8. The van der Waals surface area contributed by atoms with Crippen LogP contribution < -0.4 is 104 Å². The Balaban J connectivity index is 2.34. The molecule has 1 heterocycles. The van der Waals surface area contributed by atoms with Crippen molar-refractivity contribution in [2.24, 2.45) is 45.3 Å². The van der Waals surface area contributed by atoms with E-state index in [4.69, 9.17) is 39.5 Å². The Morgan fingerprint density at radius 1 is 0.471 bits per heavy atom. The molecule has 2 rings (SSSR count). The zero-order valence-corrected chi connectivity index (χ0v) is 58.4. The van der Waals surface area contributed by atoms with Crippen LogP contribution in [0.3, 0.4) is 0 Å². The van der Waals surface area contributed by atoms with Gasteiger partial charge in [-0.25, -0.2) is 4.79 Å². The number of fused-ring (bicyclic) bond motifs is 1. The molecule has 0 aliphatic heterocycles. The van der Waals surface area contributed by atoms with Crippen LogP contribution in [0.5, 0.6) is 0 Å². The average Bonchev–Trinajstić information content (AvgIpc) is 1.73. The fraction of sp³-hybridized carbons (Fsp3) is 0.597. The standard InChI is InChI=1S/C62H101N21O21/c1-29(2)48(82-56(98)37(16-9-11-19-64)77-58(100)39(74-44(88)24-65)21-33-25-70-35-14-7-6-13-34(33)35)59(101)83-49(31(4)85)60(102)78-38(17-12-20-69-62(67)68)54(96)76-36(15-8-10-18-63)55(97)79-41(23-47(91)92)52(94)71-26-45(89)75-40(22-43(66)87)57(99)73-30(3)51(93)80-42(28-84)53(95)72-27-46(90)81-50(32(5)86)61(103)104/h6-7,13-14,25,29-32,36-42,48-50,70,84-86H,8-12,15-24,26-28,63-65H2,1-5H3,(H2,66,87)(H,71,94)(H,72,95)(H,73,99)(H,74,88)(H,75,89)(H,76,96)(H,77,100)(H,78,102)(H,79,97)(H,80,93)(H,81,90)(H,82,98)(H,83,101)(H,91,92)(H,103,104)(H4,67,68,69)/t30-,31+,32+,36-,37-,38-,39-,40-,41-,42-,48-,49-,50-/m0/s1. The molecule has 0 radical (unpaired) electrons. The summed E-state index contributed by atoms with van der Waals surface area (Å²) in [7, 11) is 0. The van der Waals surface area contributed by atoms with E-state index in [1.807, 2.05) is 28.8 Å². The number of carboxylic acid groups (broad SMARTS) is 2. The number of hydrogen-bond donors (Lipinski definition) is 25. The van der Waals surface area contributed by atoms with Gasteiger partial charge in [0, 0.05) is 30.1 Å². The Labute approximate surface area is 597 Å². The number of aliphatic carboxylic acids is 2. The molecule has 0 spiro atoms. The first kappa shape index (κ1) is 89.4. The Morgan fingerprint density at radius 3 is 1.42 bits per heavy atom. The van der Waals surface area contributed by atoms with E-state index in [0.717, 1.165) is 31.7 Å². The van der Waals surface area contributed by atoms with Gasteiger partial charge in [-0.15, -0.1) is 0 Å². The monoisotopic (exact) mass is 1480 g/mol. The van der Waals surface area contributed by atoms with Crippen LogP contribution >= 0.6 is 0 Å². The van der Waals surface area contributed by atoms with Crippen molar-refractivity contribution in [3.63, 3.8) is 0 Å². The highest BCUT2D eigenvalue weighted by atomic mass is 16.4. The average molecular weight is 1480 g/mol. The summed E-state index contributed by atoms with van der Waals surface area (Å²) in [6, 6.07) is -10.9. The predicted molar refractivity (Wildman–Crippen MR) is 369 cm³/mol. The number of para-hydroxylation sites is 1. The van der Waals surface area contributed by atoms with Crippen molar-refractivity contribution in [1.29, 1.82) is 0 Å². The summed E-state index contributed by atoms with van der Waals surface area (Å²) < 4.78 is 0. The maximum atomic E-state index is 14.4. The lowest BCUT2D eigenvalue weighted by Gasteiger charge is -2.30. The SMILES string of the molecule is CC(C)[C@H](NC(=O)[C@H](CCCCN)NC(=O)[C@H](Cc1c[nH]c2ccccc12)NC(=O)CN)C(=O)N[C@H](C(=O)N[C@@H](CCCN=C(N)N)C(=O)N[C@@H](CCCCN)C(=O)N[C@@H](CC(=O)O)C(=O)NCC(=O)N[C@@H](CC(N)=O)C(=O)N[C@@H](C)C(=O)N[C@@H](CO)C(=O)NCC(=O)N[C@H](C(=O)O)[C@@H](C)O)[C@@H](C)O. The Morgan fingerprint density at radius 2 is 0.923 bits per heavy atom. The van der Waals surface area contributed by atoms with Crippen LogP contribution in [0.4, 0.5) is 0 Å². The molecule has 0 saturated carbocycles. The third-order valence-corrected chi connectivity index (χ3v) is 15.5. The number of carbonyl (C=O) groups is 16. The molecular weight excluding hydrogens is 1370 g/mol. The number of nitrogens with two attached hydrogens (primary N) is 6. The van der Waals surface area contributed by atoms with Crippen molar-refractivity contribution in [2.75, 3.05) is 45.9 Å². The minimum absolute atomic E-state index is 0.0150. The molecule has 0 fully saturated rings. The van der Waals surface area contributed by atoms with Crippen LogP contribution in [0, 0.1) is 5.92 Å². The van der Waals surface area contributed by atoms with Crippen molar-refractivity contribution in [3.8, 4) is 0 Å². The van der Waals surface area contributed by atoms with Gasteiger partial charge < -0.3 is 134 Å². The van der Waals surface area contributed by atoms with Gasteiger partial charge in [-0.2, -0.15) is 0 Å². The minimum Gasteiger partial charge on any atom is -0.481 e. The highest BCUT2D eigenvalue weighted by Gasteiger charge is 2.38. The quantitative estimate of drug-likeness (QED) is 0.0166. The summed E-state index contributed by atoms with van der Waals surface area (Å²) in [5.74, 6) is -19.4.